The summed E-state index contributed by atoms with van der Waals surface area (Å²) in [6.07, 6.45) is 0.0241. The maximum atomic E-state index is 12.5. The van der Waals surface area contributed by atoms with Gasteiger partial charge in [-0.1, -0.05) is 12.1 Å². The van der Waals surface area contributed by atoms with Crippen LogP contribution in [0.25, 0.3) is 0 Å². The second-order valence-electron chi connectivity index (χ2n) is 4.94. The molecule has 2 unspecified atom stereocenters. The van der Waals surface area contributed by atoms with E-state index in [1.165, 1.54) is 0 Å². The summed E-state index contributed by atoms with van der Waals surface area (Å²) in [5, 5.41) is 8.16. The van der Waals surface area contributed by atoms with Crippen LogP contribution in [0.4, 0.5) is 5.69 Å². The van der Waals surface area contributed by atoms with Gasteiger partial charge in [-0.2, -0.15) is 0 Å². The predicted molar refractivity (Wildman–Crippen MR) is 86.6 cm³/mol. The van der Waals surface area contributed by atoms with Crippen LogP contribution in [0.3, 0.4) is 0 Å². The van der Waals surface area contributed by atoms with Gasteiger partial charge in [0, 0.05) is 12.2 Å². The number of carbonyl (C=O) groups is 3. The summed E-state index contributed by atoms with van der Waals surface area (Å²) in [6, 6.07) is 5.76. The summed E-state index contributed by atoms with van der Waals surface area (Å²) < 4.78 is 5.46. The van der Waals surface area contributed by atoms with Gasteiger partial charge >= 0.3 is 5.97 Å². The largest absolute Gasteiger partial charge is 0.492 e. The zero-order chi connectivity index (χ0) is 17.0. The first kappa shape index (κ1) is 17.3. The Kier molecular flexibility index (Phi) is 5.62. The highest BCUT2D eigenvalue weighted by Gasteiger charge is 2.41. The molecule has 2 amide bonds. The van der Waals surface area contributed by atoms with Crippen molar-refractivity contribution >= 4 is 35.2 Å². The number of anilines is 1. The highest BCUT2D eigenvalue weighted by molar-refractivity contribution is 8.00. The van der Waals surface area contributed by atoms with Crippen LogP contribution >= 0.6 is 11.8 Å². The Balaban J connectivity index is 2.14. The molecule has 2 rings (SSSR count). The van der Waals surface area contributed by atoms with E-state index in [0.29, 0.717) is 18.0 Å². The van der Waals surface area contributed by atoms with E-state index in [-0.39, 0.29) is 24.0 Å². The van der Waals surface area contributed by atoms with Crippen molar-refractivity contribution in [3.63, 3.8) is 0 Å². The molecule has 0 spiro atoms. The van der Waals surface area contributed by atoms with Crippen LogP contribution in [-0.4, -0.2) is 46.5 Å². The van der Waals surface area contributed by atoms with E-state index in [9.17, 15) is 14.4 Å². The molecule has 0 aromatic heterocycles. The summed E-state index contributed by atoms with van der Waals surface area (Å²) in [5.74, 6) is -1.30. The number of rotatable bonds is 7. The molecule has 2 atom stereocenters. The van der Waals surface area contributed by atoms with Crippen LogP contribution < -0.4 is 15.4 Å². The number of carboxylic acids is 1. The number of ether oxygens (including phenoxy) is 1. The molecule has 3 N–H and O–H groups in total. The fourth-order valence-corrected chi connectivity index (χ4v) is 3.29. The molecule has 0 radical (unpaired) electrons. The molecule has 1 heterocycles. The summed E-state index contributed by atoms with van der Waals surface area (Å²) >= 11 is 1.09. The minimum absolute atomic E-state index is 0.0241. The number of carboxylic acid groups (broad SMARTS) is 1. The van der Waals surface area contributed by atoms with Crippen molar-refractivity contribution in [1.82, 2.24) is 0 Å². The molecule has 1 fully saturated rings. The Morgan fingerprint density at radius 1 is 1.48 bits per heavy atom. The Bertz CT molecular complexity index is 622. The van der Waals surface area contributed by atoms with Gasteiger partial charge in [-0.15, -0.1) is 11.8 Å². The van der Waals surface area contributed by atoms with Crippen molar-refractivity contribution in [3.8, 4) is 5.75 Å². The Hall–Kier alpha value is -2.06. The first-order chi connectivity index (χ1) is 11.0. The number of carbonyl (C=O) groups excluding carboxylic acids is 2. The molecule has 0 aliphatic carbocycles. The molecule has 0 saturated carbocycles. The fraction of sp³-hybridized carbons (Fsp3) is 0.400. The molecule has 1 aliphatic heterocycles. The minimum Gasteiger partial charge on any atom is -0.492 e. The number of amides is 2. The van der Waals surface area contributed by atoms with Gasteiger partial charge in [-0.05, 0) is 19.1 Å². The molecule has 1 aromatic rings. The first-order valence-corrected chi connectivity index (χ1v) is 8.19. The average molecular weight is 338 g/mol. The third-order valence-electron chi connectivity index (χ3n) is 3.31. The fourth-order valence-electron chi connectivity index (χ4n) is 2.20. The zero-order valence-electron chi connectivity index (χ0n) is 12.6. The normalized spacial score (nSPS) is 19.0. The van der Waals surface area contributed by atoms with E-state index in [1.54, 1.807) is 24.3 Å². The second kappa shape index (κ2) is 7.47. The highest BCUT2D eigenvalue weighted by atomic mass is 32.2. The van der Waals surface area contributed by atoms with Crippen molar-refractivity contribution in [2.75, 3.05) is 17.3 Å². The van der Waals surface area contributed by atoms with Gasteiger partial charge in [0.15, 0.2) is 0 Å². The third kappa shape index (κ3) is 3.83. The third-order valence-corrected chi connectivity index (χ3v) is 4.63. The van der Waals surface area contributed by atoms with Gasteiger partial charge in [0.05, 0.1) is 17.5 Å². The number of aliphatic carboxylic acids is 1. The number of nitrogens with zero attached hydrogens (tertiary/aromatic N) is 1. The van der Waals surface area contributed by atoms with Gasteiger partial charge < -0.3 is 15.6 Å². The molecule has 1 aromatic carbocycles. The topological polar surface area (TPSA) is 110 Å². The summed E-state index contributed by atoms with van der Waals surface area (Å²) in [4.78, 5) is 36.6. The molecular weight excluding hydrogens is 320 g/mol. The number of nitrogens with two attached hydrogens (primary N) is 1. The van der Waals surface area contributed by atoms with Gasteiger partial charge in [0.2, 0.25) is 11.8 Å². The Morgan fingerprint density at radius 2 is 2.17 bits per heavy atom. The van der Waals surface area contributed by atoms with Gasteiger partial charge in [-0.25, -0.2) is 4.90 Å². The van der Waals surface area contributed by atoms with Crippen molar-refractivity contribution in [2.45, 2.75) is 24.6 Å². The number of imide groups is 1. The lowest BCUT2D eigenvalue weighted by atomic mass is 10.2. The van der Waals surface area contributed by atoms with Crippen LogP contribution in [0.2, 0.25) is 0 Å². The number of benzene rings is 1. The second-order valence-corrected chi connectivity index (χ2v) is 6.17. The Labute approximate surface area is 137 Å². The highest BCUT2D eigenvalue weighted by Crippen LogP contribution is 2.35. The van der Waals surface area contributed by atoms with Crippen molar-refractivity contribution in [1.29, 1.82) is 0 Å². The molecule has 0 bridgehead atoms. The van der Waals surface area contributed by atoms with E-state index in [1.807, 2.05) is 6.92 Å². The monoisotopic (exact) mass is 338 g/mol. The number of hydrogen-bond acceptors (Lipinski definition) is 6. The number of para-hydroxylation sites is 2. The molecule has 1 aliphatic rings. The maximum Gasteiger partial charge on any atom is 0.321 e. The van der Waals surface area contributed by atoms with Crippen molar-refractivity contribution in [2.24, 2.45) is 5.73 Å². The zero-order valence-corrected chi connectivity index (χ0v) is 13.4. The SMILES string of the molecule is CCOc1ccccc1N1C(=O)CC(SCC(N)C(=O)O)C1=O. The maximum absolute atomic E-state index is 12.5. The van der Waals surface area contributed by atoms with E-state index in [0.717, 1.165) is 16.7 Å². The summed E-state index contributed by atoms with van der Waals surface area (Å²) in [6.45, 7) is 2.23. The van der Waals surface area contributed by atoms with E-state index >= 15 is 0 Å². The van der Waals surface area contributed by atoms with Crippen LogP contribution in [0.5, 0.6) is 5.75 Å². The minimum atomic E-state index is -1.13. The van der Waals surface area contributed by atoms with Crippen LogP contribution in [-0.2, 0) is 14.4 Å². The molecule has 7 nitrogen and oxygen atoms in total. The molecular formula is C15H18N2O5S. The van der Waals surface area contributed by atoms with Gasteiger partial charge in [-0.3, -0.25) is 14.4 Å². The smallest absolute Gasteiger partial charge is 0.321 e. The lowest BCUT2D eigenvalue weighted by molar-refractivity contribution is -0.138. The molecule has 23 heavy (non-hydrogen) atoms. The average Bonchev–Trinajstić information content (AvgIpc) is 2.80. The van der Waals surface area contributed by atoms with Gasteiger partial charge in [0.25, 0.3) is 0 Å². The number of thioether (sulfide) groups is 1. The van der Waals surface area contributed by atoms with Crippen molar-refractivity contribution in [3.05, 3.63) is 24.3 Å². The van der Waals surface area contributed by atoms with Crippen LogP contribution in [0.15, 0.2) is 24.3 Å². The lowest BCUT2D eigenvalue weighted by Crippen LogP contribution is -2.35. The molecule has 8 heteroatoms. The van der Waals surface area contributed by atoms with Crippen LogP contribution in [0, 0.1) is 0 Å². The Morgan fingerprint density at radius 3 is 2.83 bits per heavy atom. The lowest BCUT2D eigenvalue weighted by Gasteiger charge is -2.18. The van der Waals surface area contributed by atoms with E-state index in [4.69, 9.17) is 15.6 Å². The van der Waals surface area contributed by atoms with Gasteiger partial charge in [0.1, 0.15) is 11.8 Å². The van der Waals surface area contributed by atoms with Crippen LogP contribution in [0.1, 0.15) is 13.3 Å². The van der Waals surface area contributed by atoms with Crippen molar-refractivity contribution < 1.29 is 24.2 Å². The number of hydrogen-bond donors (Lipinski definition) is 2. The predicted octanol–water partition coefficient (Wildman–Crippen LogP) is 0.862. The standard InChI is InChI=1S/C15H18N2O5S/c1-2-22-11-6-4-3-5-10(11)17-13(18)7-12(14(17)19)23-8-9(16)15(20)21/h3-6,9,12H,2,7-8,16H2,1H3,(H,20,21). The van der Waals surface area contributed by atoms with E-state index in [2.05, 4.69) is 0 Å². The quantitative estimate of drug-likeness (QED) is 0.710. The molecule has 124 valence electrons. The first-order valence-electron chi connectivity index (χ1n) is 7.14. The summed E-state index contributed by atoms with van der Waals surface area (Å²) in [5.41, 5.74) is 5.85. The van der Waals surface area contributed by atoms with E-state index < -0.39 is 17.3 Å². The molecule has 1 saturated heterocycles. The summed E-state index contributed by atoms with van der Waals surface area (Å²) in [7, 11) is 0.